The van der Waals surface area contributed by atoms with Gasteiger partial charge in [-0.05, 0) is 31.5 Å². The molecule has 3 heterocycles. The van der Waals surface area contributed by atoms with Gasteiger partial charge in [-0.3, -0.25) is 4.79 Å². The van der Waals surface area contributed by atoms with Gasteiger partial charge in [-0.2, -0.15) is 0 Å². The molecule has 1 aromatic heterocycles. The number of piperazine rings is 1. The lowest BCUT2D eigenvalue weighted by molar-refractivity contribution is 0.0362. The number of benzene rings is 1. The van der Waals surface area contributed by atoms with Crippen LogP contribution in [-0.4, -0.2) is 84.1 Å². The summed E-state index contributed by atoms with van der Waals surface area (Å²) in [5.74, 6) is 0.0137. The Morgan fingerprint density at radius 1 is 0.926 bits per heavy atom. The van der Waals surface area contributed by atoms with Crippen LogP contribution in [0.4, 0.5) is 4.79 Å². The first-order valence-electron chi connectivity index (χ1n) is 9.54. The normalized spacial score (nSPS) is 18.2. The Bertz CT molecular complexity index is 861. The van der Waals surface area contributed by atoms with Crippen molar-refractivity contribution in [1.82, 2.24) is 19.7 Å². The third kappa shape index (κ3) is 3.39. The van der Waals surface area contributed by atoms with Crippen LogP contribution < -0.4 is 0 Å². The highest BCUT2D eigenvalue weighted by Gasteiger charge is 2.29. The molecule has 2 aliphatic heterocycles. The molecule has 0 unspecified atom stereocenters. The van der Waals surface area contributed by atoms with E-state index in [9.17, 15) is 9.59 Å². The van der Waals surface area contributed by atoms with Gasteiger partial charge in [0.1, 0.15) is 5.69 Å². The summed E-state index contributed by atoms with van der Waals surface area (Å²) < 4.78 is 5.31. The second kappa shape index (κ2) is 7.23. The highest BCUT2D eigenvalue weighted by molar-refractivity contribution is 6.01. The Hall–Kier alpha value is -2.54. The van der Waals surface area contributed by atoms with Crippen molar-refractivity contribution in [2.24, 2.45) is 0 Å². The molecule has 2 fully saturated rings. The third-order valence-corrected chi connectivity index (χ3v) is 5.55. The monoisotopic (exact) mass is 370 g/mol. The summed E-state index contributed by atoms with van der Waals surface area (Å²) in [5.41, 5.74) is 3.82. The van der Waals surface area contributed by atoms with E-state index < -0.39 is 0 Å². The Labute approximate surface area is 158 Å². The van der Waals surface area contributed by atoms with Crippen LogP contribution in [0.5, 0.6) is 0 Å². The minimum absolute atomic E-state index is 0.0137. The van der Waals surface area contributed by atoms with Gasteiger partial charge in [0.2, 0.25) is 0 Å². The number of H-pyrrole nitrogens is 1. The van der Waals surface area contributed by atoms with Crippen molar-refractivity contribution < 1.29 is 14.3 Å². The van der Waals surface area contributed by atoms with Crippen molar-refractivity contribution in [3.8, 4) is 0 Å². The van der Waals surface area contributed by atoms with E-state index in [0.717, 1.165) is 16.5 Å². The van der Waals surface area contributed by atoms with Crippen LogP contribution in [-0.2, 0) is 4.74 Å². The highest BCUT2D eigenvalue weighted by atomic mass is 16.5. The van der Waals surface area contributed by atoms with Crippen LogP contribution in [0, 0.1) is 13.8 Å². The second-order valence-corrected chi connectivity index (χ2v) is 7.34. The number of fused-ring (bicyclic) bond motifs is 1. The Balaban J connectivity index is 1.43. The number of ether oxygens (including phenoxy) is 1. The van der Waals surface area contributed by atoms with Crippen molar-refractivity contribution in [3.63, 3.8) is 0 Å². The fourth-order valence-electron chi connectivity index (χ4n) is 3.87. The summed E-state index contributed by atoms with van der Waals surface area (Å²) in [5, 5.41) is 1.10. The van der Waals surface area contributed by atoms with Gasteiger partial charge in [0.25, 0.3) is 5.91 Å². The summed E-state index contributed by atoms with van der Waals surface area (Å²) in [6, 6.07) is 6.23. The predicted molar refractivity (Wildman–Crippen MR) is 103 cm³/mol. The molecule has 7 heteroatoms. The molecule has 7 nitrogen and oxygen atoms in total. The number of nitrogens with zero attached hydrogens (tertiary/aromatic N) is 3. The average Bonchev–Trinajstić information content (AvgIpc) is 3.04. The van der Waals surface area contributed by atoms with Gasteiger partial charge in [-0.15, -0.1) is 0 Å². The number of carbonyl (C=O) groups is 2. The SMILES string of the molecule is Cc1ccc2[nH]c(C(=O)N3CCN(C(=O)N4CCOCC4)CC3)c(C)c2c1. The van der Waals surface area contributed by atoms with E-state index in [4.69, 9.17) is 4.74 Å². The number of morpholine rings is 1. The second-order valence-electron chi connectivity index (χ2n) is 7.34. The molecule has 0 saturated carbocycles. The van der Waals surface area contributed by atoms with Crippen LogP contribution in [0.25, 0.3) is 10.9 Å². The lowest BCUT2D eigenvalue weighted by Gasteiger charge is -2.38. The molecule has 1 N–H and O–H groups in total. The third-order valence-electron chi connectivity index (χ3n) is 5.55. The predicted octanol–water partition coefficient (Wildman–Crippen LogP) is 1.99. The number of aromatic nitrogens is 1. The molecule has 1 aromatic carbocycles. The van der Waals surface area contributed by atoms with Gasteiger partial charge >= 0.3 is 6.03 Å². The minimum Gasteiger partial charge on any atom is -0.378 e. The number of hydrogen-bond acceptors (Lipinski definition) is 3. The number of aryl methyl sites for hydroxylation is 2. The largest absolute Gasteiger partial charge is 0.378 e. The molecular formula is C20H26N4O3. The van der Waals surface area contributed by atoms with E-state index in [0.29, 0.717) is 58.2 Å². The fraction of sp³-hybridized carbons (Fsp3) is 0.500. The molecular weight excluding hydrogens is 344 g/mol. The van der Waals surface area contributed by atoms with Gasteiger partial charge in [-0.1, -0.05) is 11.6 Å². The van der Waals surface area contributed by atoms with E-state index >= 15 is 0 Å². The summed E-state index contributed by atoms with van der Waals surface area (Å²) >= 11 is 0. The number of urea groups is 1. The van der Waals surface area contributed by atoms with Crippen molar-refractivity contribution in [2.75, 3.05) is 52.5 Å². The number of carbonyl (C=O) groups excluding carboxylic acids is 2. The first-order chi connectivity index (χ1) is 13.0. The molecule has 0 aliphatic carbocycles. The molecule has 144 valence electrons. The molecule has 0 atom stereocenters. The maximum Gasteiger partial charge on any atom is 0.320 e. The fourth-order valence-corrected chi connectivity index (χ4v) is 3.87. The summed E-state index contributed by atoms with van der Waals surface area (Å²) in [6.07, 6.45) is 0. The van der Waals surface area contributed by atoms with Gasteiger partial charge < -0.3 is 24.4 Å². The lowest BCUT2D eigenvalue weighted by atomic mass is 10.1. The van der Waals surface area contributed by atoms with Crippen molar-refractivity contribution in [2.45, 2.75) is 13.8 Å². The zero-order valence-corrected chi connectivity index (χ0v) is 16.0. The number of hydrogen-bond donors (Lipinski definition) is 1. The molecule has 0 spiro atoms. The molecule has 4 rings (SSSR count). The quantitative estimate of drug-likeness (QED) is 0.835. The molecule has 3 amide bonds. The molecule has 2 aromatic rings. The van der Waals surface area contributed by atoms with Gasteiger partial charge in [0.15, 0.2) is 0 Å². The van der Waals surface area contributed by atoms with Crippen LogP contribution in [0.2, 0.25) is 0 Å². The first kappa shape index (κ1) is 17.9. The van der Waals surface area contributed by atoms with Crippen LogP contribution in [0.1, 0.15) is 21.6 Å². The van der Waals surface area contributed by atoms with Crippen molar-refractivity contribution in [1.29, 1.82) is 0 Å². The van der Waals surface area contributed by atoms with E-state index in [1.807, 2.05) is 33.8 Å². The van der Waals surface area contributed by atoms with E-state index in [-0.39, 0.29) is 11.9 Å². The Kier molecular flexibility index (Phi) is 4.78. The minimum atomic E-state index is 0.0137. The number of amides is 3. The van der Waals surface area contributed by atoms with Crippen LogP contribution >= 0.6 is 0 Å². The summed E-state index contributed by atoms with van der Waals surface area (Å²) in [6.45, 7) is 8.79. The van der Waals surface area contributed by atoms with Crippen LogP contribution in [0.3, 0.4) is 0 Å². The van der Waals surface area contributed by atoms with E-state index in [2.05, 4.69) is 18.0 Å². The van der Waals surface area contributed by atoms with Crippen molar-refractivity contribution in [3.05, 3.63) is 35.0 Å². The smallest absolute Gasteiger partial charge is 0.320 e. The number of nitrogens with one attached hydrogen (secondary N) is 1. The summed E-state index contributed by atoms with van der Waals surface area (Å²) in [4.78, 5) is 34.4. The van der Waals surface area contributed by atoms with Crippen molar-refractivity contribution >= 4 is 22.8 Å². The molecule has 0 radical (unpaired) electrons. The Morgan fingerprint density at radius 3 is 2.26 bits per heavy atom. The maximum absolute atomic E-state index is 13.0. The maximum atomic E-state index is 13.0. The summed E-state index contributed by atoms with van der Waals surface area (Å²) in [7, 11) is 0. The molecule has 2 aliphatic rings. The molecule has 2 saturated heterocycles. The topological polar surface area (TPSA) is 68.9 Å². The van der Waals surface area contributed by atoms with Crippen LogP contribution in [0.15, 0.2) is 18.2 Å². The number of rotatable bonds is 1. The molecule has 0 bridgehead atoms. The van der Waals surface area contributed by atoms with Gasteiger partial charge in [-0.25, -0.2) is 4.79 Å². The van der Waals surface area contributed by atoms with E-state index in [1.165, 1.54) is 5.56 Å². The Morgan fingerprint density at radius 2 is 1.56 bits per heavy atom. The van der Waals surface area contributed by atoms with Gasteiger partial charge in [0.05, 0.1) is 13.2 Å². The van der Waals surface area contributed by atoms with E-state index in [1.54, 1.807) is 0 Å². The highest BCUT2D eigenvalue weighted by Crippen LogP contribution is 2.24. The van der Waals surface area contributed by atoms with Gasteiger partial charge in [0, 0.05) is 50.2 Å². The average molecular weight is 370 g/mol. The standard InChI is InChI=1S/C20H26N4O3/c1-14-3-4-17-16(13-14)15(2)18(21-17)19(25)22-5-7-23(8-6-22)20(26)24-9-11-27-12-10-24/h3-4,13,21H,5-12H2,1-2H3. The number of aromatic amines is 1. The molecule has 27 heavy (non-hydrogen) atoms. The zero-order valence-electron chi connectivity index (χ0n) is 16.0. The zero-order chi connectivity index (χ0) is 19.0. The first-order valence-corrected chi connectivity index (χ1v) is 9.54. The lowest BCUT2D eigenvalue weighted by Crippen LogP contribution is -2.55.